The summed E-state index contributed by atoms with van der Waals surface area (Å²) in [4.78, 5) is 4.14. The first-order valence-electron chi connectivity index (χ1n) is 5.14. The second-order valence-electron chi connectivity index (χ2n) is 3.24. The maximum atomic E-state index is 5.55. The Bertz CT molecular complexity index is 281. The summed E-state index contributed by atoms with van der Waals surface area (Å²) < 4.78 is 6.47. The number of aromatic nitrogens is 1. The highest BCUT2D eigenvalue weighted by atomic mass is 79.9. The van der Waals surface area contributed by atoms with Gasteiger partial charge in [0.05, 0.1) is 11.1 Å². The molecule has 0 aliphatic heterocycles. The third kappa shape index (κ3) is 5.52. The summed E-state index contributed by atoms with van der Waals surface area (Å²) in [6.07, 6.45) is 6.56. The second kappa shape index (κ2) is 8.11. The number of halogens is 2. The number of rotatable bonds is 7. The quantitative estimate of drug-likeness (QED) is 0.550. The zero-order chi connectivity index (χ0) is 10.9. The average Bonchev–Trinajstić information content (AvgIpc) is 2.25. The predicted molar refractivity (Wildman–Crippen MR) is 69.7 cm³/mol. The fraction of sp³-hybridized carbons (Fsp3) is 0.545. The number of pyridine rings is 1. The molecule has 1 heterocycles. The fourth-order valence-corrected chi connectivity index (χ4v) is 1.96. The minimum atomic E-state index is 0.693. The summed E-state index contributed by atoms with van der Waals surface area (Å²) >= 11 is 6.81. The van der Waals surface area contributed by atoms with Crippen molar-refractivity contribution in [3.63, 3.8) is 0 Å². The van der Waals surface area contributed by atoms with Crippen LogP contribution in [0.1, 0.15) is 25.7 Å². The summed E-state index contributed by atoms with van der Waals surface area (Å²) in [6, 6.07) is 3.82. The normalized spacial score (nSPS) is 10.3. The van der Waals surface area contributed by atoms with Crippen LogP contribution in [0.25, 0.3) is 0 Å². The Labute approximate surface area is 108 Å². The van der Waals surface area contributed by atoms with Gasteiger partial charge in [0.25, 0.3) is 0 Å². The van der Waals surface area contributed by atoms with E-state index < -0.39 is 0 Å². The topological polar surface area (TPSA) is 22.1 Å². The summed E-state index contributed by atoms with van der Waals surface area (Å²) in [7, 11) is 0. The summed E-state index contributed by atoms with van der Waals surface area (Å²) in [5.74, 6) is 0.693. The highest BCUT2D eigenvalue weighted by Gasteiger charge is 1.99. The van der Waals surface area contributed by atoms with Crippen molar-refractivity contribution in [3.05, 3.63) is 22.8 Å². The first-order chi connectivity index (χ1) is 7.34. The molecule has 0 N–H and O–H groups in total. The van der Waals surface area contributed by atoms with Crippen LogP contribution in [0.4, 0.5) is 0 Å². The predicted octanol–water partition coefficient (Wildman–Crippen LogP) is 4.18. The van der Waals surface area contributed by atoms with Gasteiger partial charge < -0.3 is 4.74 Å². The first kappa shape index (κ1) is 13.0. The van der Waals surface area contributed by atoms with E-state index in [1.54, 1.807) is 6.20 Å². The molecule has 0 aromatic carbocycles. The molecule has 0 saturated carbocycles. The average molecular weight is 337 g/mol. The van der Waals surface area contributed by atoms with Crippen LogP contribution in [0, 0.1) is 0 Å². The molecule has 1 rings (SSSR count). The molecule has 0 bridgehead atoms. The molecule has 0 radical (unpaired) electrons. The van der Waals surface area contributed by atoms with Gasteiger partial charge in [-0.15, -0.1) is 0 Å². The van der Waals surface area contributed by atoms with Crippen molar-refractivity contribution in [1.29, 1.82) is 0 Å². The lowest BCUT2D eigenvalue weighted by atomic mass is 10.2. The van der Waals surface area contributed by atoms with Gasteiger partial charge in [-0.1, -0.05) is 28.8 Å². The van der Waals surface area contributed by atoms with Crippen molar-refractivity contribution in [2.75, 3.05) is 11.9 Å². The molecule has 2 nitrogen and oxygen atoms in total. The minimum absolute atomic E-state index is 0.693. The van der Waals surface area contributed by atoms with Crippen LogP contribution < -0.4 is 4.74 Å². The number of nitrogens with zero attached hydrogens (tertiary/aromatic N) is 1. The van der Waals surface area contributed by atoms with E-state index >= 15 is 0 Å². The van der Waals surface area contributed by atoms with Crippen molar-refractivity contribution in [3.8, 4) is 5.88 Å². The van der Waals surface area contributed by atoms with E-state index in [2.05, 4.69) is 36.8 Å². The maximum Gasteiger partial charge on any atom is 0.227 e. The molecule has 1 aromatic heterocycles. The van der Waals surface area contributed by atoms with Crippen LogP contribution in [0.5, 0.6) is 5.88 Å². The van der Waals surface area contributed by atoms with Gasteiger partial charge in [-0.25, -0.2) is 4.98 Å². The Kier molecular flexibility index (Phi) is 7.01. The molecule has 0 fully saturated rings. The van der Waals surface area contributed by atoms with Crippen molar-refractivity contribution < 1.29 is 4.74 Å². The first-order valence-corrected chi connectivity index (χ1v) is 7.05. The molecule has 0 saturated heterocycles. The second-order valence-corrected chi connectivity index (χ2v) is 4.89. The molecule has 0 spiro atoms. The van der Waals surface area contributed by atoms with Gasteiger partial charge in [0.1, 0.15) is 0 Å². The van der Waals surface area contributed by atoms with E-state index in [1.165, 1.54) is 19.3 Å². The Balaban J connectivity index is 2.12. The van der Waals surface area contributed by atoms with E-state index in [0.717, 1.165) is 22.8 Å². The molecular weight excluding hydrogens is 322 g/mol. The van der Waals surface area contributed by atoms with E-state index in [9.17, 15) is 0 Å². The summed E-state index contributed by atoms with van der Waals surface area (Å²) in [5.41, 5.74) is 0. The van der Waals surface area contributed by atoms with Gasteiger partial charge in [-0.2, -0.15) is 0 Å². The third-order valence-corrected chi connectivity index (χ3v) is 3.16. The van der Waals surface area contributed by atoms with Crippen molar-refractivity contribution in [1.82, 2.24) is 4.98 Å². The molecule has 1 aromatic rings. The highest BCUT2D eigenvalue weighted by molar-refractivity contribution is 9.10. The van der Waals surface area contributed by atoms with E-state index in [4.69, 9.17) is 4.74 Å². The minimum Gasteiger partial charge on any atom is -0.477 e. The number of unbranched alkanes of at least 4 members (excludes halogenated alkanes) is 3. The monoisotopic (exact) mass is 335 g/mol. The Morgan fingerprint density at radius 1 is 1.20 bits per heavy atom. The zero-order valence-electron chi connectivity index (χ0n) is 8.59. The van der Waals surface area contributed by atoms with E-state index in [0.29, 0.717) is 5.88 Å². The molecule has 0 aliphatic rings. The number of alkyl halides is 1. The largest absolute Gasteiger partial charge is 0.477 e. The standard InChI is InChI=1S/C11H15Br2NO/c12-7-3-1-2-4-9-15-11-10(13)6-5-8-14-11/h5-6,8H,1-4,7,9H2. The van der Waals surface area contributed by atoms with Crippen LogP contribution in [-0.4, -0.2) is 16.9 Å². The van der Waals surface area contributed by atoms with Crippen LogP contribution >= 0.6 is 31.9 Å². The lowest BCUT2D eigenvalue weighted by Gasteiger charge is -2.05. The smallest absolute Gasteiger partial charge is 0.227 e. The van der Waals surface area contributed by atoms with Gasteiger partial charge in [0, 0.05) is 11.5 Å². The van der Waals surface area contributed by atoms with Gasteiger partial charge in [-0.3, -0.25) is 0 Å². The lowest BCUT2D eigenvalue weighted by Crippen LogP contribution is -1.99. The van der Waals surface area contributed by atoms with Crippen LogP contribution in [-0.2, 0) is 0 Å². The molecule has 0 amide bonds. The highest BCUT2D eigenvalue weighted by Crippen LogP contribution is 2.20. The van der Waals surface area contributed by atoms with Crippen molar-refractivity contribution in [2.45, 2.75) is 25.7 Å². The fourth-order valence-electron chi connectivity index (χ4n) is 1.20. The van der Waals surface area contributed by atoms with Crippen LogP contribution in [0.3, 0.4) is 0 Å². The SMILES string of the molecule is BrCCCCCCOc1ncccc1Br. The molecule has 0 unspecified atom stereocenters. The number of hydrogen-bond donors (Lipinski definition) is 0. The van der Waals surface area contributed by atoms with E-state index in [1.807, 2.05) is 12.1 Å². The Morgan fingerprint density at radius 2 is 2.00 bits per heavy atom. The van der Waals surface area contributed by atoms with Gasteiger partial charge in [-0.05, 0) is 40.9 Å². The number of hydrogen-bond acceptors (Lipinski definition) is 2. The van der Waals surface area contributed by atoms with Gasteiger partial charge >= 0.3 is 0 Å². The Hall–Kier alpha value is -0.0900. The molecule has 84 valence electrons. The lowest BCUT2D eigenvalue weighted by molar-refractivity contribution is 0.292. The summed E-state index contributed by atoms with van der Waals surface area (Å²) in [5, 5.41) is 1.10. The van der Waals surface area contributed by atoms with Gasteiger partial charge in [0.2, 0.25) is 5.88 Å². The molecule has 4 heteroatoms. The third-order valence-electron chi connectivity index (χ3n) is 1.99. The van der Waals surface area contributed by atoms with E-state index in [-0.39, 0.29) is 0 Å². The molecule has 0 atom stereocenters. The van der Waals surface area contributed by atoms with Crippen LogP contribution in [0.15, 0.2) is 22.8 Å². The van der Waals surface area contributed by atoms with Gasteiger partial charge in [0.15, 0.2) is 0 Å². The molecule has 0 aliphatic carbocycles. The molecular formula is C11H15Br2NO. The van der Waals surface area contributed by atoms with Crippen molar-refractivity contribution in [2.24, 2.45) is 0 Å². The van der Waals surface area contributed by atoms with Crippen molar-refractivity contribution >= 4 is 31.9 Å². The zero-order valence-corrected chi connectivity index (χ0v) is 11.8. The Morgan fingerprint density at radius 3 is 2.73 bits per heavy atom. The molecule has 15 heavy (non-hydrogen) atoms. The number of ether oxygens (including phenoxy) is 1. The summed E-state index contributed by atoms with van der Waals surface area (Å²) in [6.45, 7) is 0.748. The van der Waals surface area contributed by atoms with Crippen LogP contribution in [0.2, 0.25) is 0 Å². The maximum absolute atomic E-state index is 5.55.